The fraction of sp³-hybridized carbons (Fsp3) is 0.357. The SMILES string of the molecule is COC(=O)Oc1cc2[nH]c(=O)c(=O)[nH]c2c2c1CN(C)CC2. The van der Waals surface area contributed by atoms with Crippen molar-refractivity contribution in [3.05, 3.63) is 37.9 Å². The van der Waals surface area contributed by atoms with Crippen molar-refractivity contribution in [3.8, 4) is 5.75 Å². The number of carbonyl (C=O) groups is 1. The van der Waals surface area contributed by atoms with Crippen LogP contribution in [-0.2, 0) is 17.7 Å². The van der Waals surface area contributed by atoms with Crippen molar-refractivity contribution in [3.63, 3.8) is 0 Å². The Bertz CT molecular complexity index is 867. The number of benzene rings is 1. The molecule has 0 saturated carbocycles. The number of nitrogens with one attached hydrogen (secondary N) is 2. The fourth-order valence-electron chi connectivity index (χ4n) is 2.67. The molecule has 0 amide bonds. The molecule has 3 rings (SSSR count). The standard InChI is InChI=1S/C14H15N3O5/c1-17-4-3-7-8(6-17)10(22-14(20)21-2)5-9-11(7)16-13(19)12(18)15-9/h5H,3-4,6H2,1-2H3,(H,15,18)(H,16,19). The summed E-state index contributed by atoms with van der Waals surface area (Å²) in [5.41, 5.74) is 1.22. The van der Waals surface area contributed by atoms with Gasteiger partial charge < -0.3 is 24.3 Å². The Morgan fingerprint density at radius 1 is 1.23 bits per heavy atom. The number of H-pyrrole nitrogens is 2. The molecule has 1 aromatic heterocycles. The molecule has 0 radical (unpaired) electrons. The summed E-state index contributed by atoms with van der Waals surface area (Å²) in [6, 6.07) is 1.53. The zero-order valence-electron chi connectivity index (χ0n) is 12.2. The molecule has 8 nitrogen and oxygen atoms in total. The van der Waals surface area contributed by atoms with Gasteiger partial charge in [0.1, 0.15) is 5.75 Å². The summed E-state index contributed by atoms with van der Waals surface area (Å²) < 4.78 is 9.71. The molecule has 0 fully saturated rings. The summed E-state index contributed by atoms with van der Waals surface area (Å²) in [5.74, 6) is 0.323. The van der Waals surface area contributed by atoms with Crippen LogP contribution in [0.15, 0.2) is 15.7 Å². The van der Waals surface area contributed by atoms with E-state index in [0.717, 1.165) is 17.7 Å². The first-order chi connectivity index (χ1) is 10.5. The van der Waals surface area contributed by atoms with Crippen molar-refractivity contribution in [1.82, 2.24) is 14.9 Å². The van der Waals surface area contributed by atoms with Gasteiger partial charge in [0.15, 0.2) is 0 Å². The van der Waals surface area contributed by atoms with Gasteiger partial charge in [0.05, 0.1) is 18.1 Å². The number of carbonyl (C=O) groups excluding carboxylic acids is 1. The van der Waals surface area contributed by atoms with E-state index in [1.54, 1.807) is 0 Å². The van der Waals surface area contributed by atoms with Crippen LogP contribution < -0.4 is 15.9 Å². The third-order valence-corrected chi connectivity index (χ3v) is 3.73. The Balaban J connectivity index is 2.28. The first-order valence-electron chi connectivity index (χ1n) is 6.75. The topological polar surface area (TPSA) is 104 Å². The first-order valence-corrected chi connectivity index (χ1v) is 6.75. The lowest BCUT2D eigenvalue weighted by Crippen LogP contribution is -2.32. The predicted octanol–water partition coefficient (Wildman–Crippen LogP) is 0.349. The molecule has 1 aromatic carbocycles. The Morgan fingerprint density at radius 3 is 2.68 bits per heavy atom. The second kappa shape index (κ2) is 5.30. The molecule has 116 valence electrons. The van der Waals surface area contributed by atoms with Crippen LogP contribution in [0.3, 0.4) is 0 Å². The lowest BCUT2D eigenvalue weighted by molar-refractivity contribution is 0.120. The molecule has 0 bridgehead atoms. The Kier molecular flexibility index (Phi) is 3.45. The number of fused-ring (bicyclic) bond motifs is 3. The number of hydrogen-bond acceptors (Lipinski definition) is 6. The molecule has 1 aliphatic heterocycles. The minimum Gasteiger partial charge on any atom is -0.437 e. The Hall–Kier alpha value is -2.61. The molecular weight excluding hydrogens is 290 g/mol. The van der Waals surface area contributed by atoms with Gasteiger partial charge in [0.25, 0.3) is 0 Å². The van der Waals surface area contributed by atoms with Crippen molar-refractivity contribution in [2.24, 2.45) is 0 Å². The van der Waals surface area contributed by atoms with Crippen molar-refractivity contribution >= 4 is 17.2 Å². The summed E-state index contributed by atoms with van der Waals surface area (Å²) in [5, 5.41) is 0. The van der Waals surface area contributed by atoms with Crippen molar-refractivity contribution in [1.29, 1.82) is 0 Å². The van der Waals surface area contributed by atoms with E-state index in [4.69, 9.17) is 4.74 Å². The number of aromatic nitrogens is 2. The van der Waals surface area contributed by atoms with E-state index < -0.39 is 17.3 Å². The molecule has 0 saturated heterocycles. The molecular formula is C14H15N3O5. The fourth-order valence-corrected chi connectivity index (χ4v) is 2.67. The Morgan fingerprint density at radius 2 is 1.95 bits per heavy atom. The van der Waals surface area contributed by atoms with E-state index >= 15 is 0 Å². The number of ether oxygens (including phenoxy) is 2. The van der Waals surface area contributed by atoms with E-state index in [2.05, 4.69) is 19.6 Å². The average molecular weight is 305 g/mol. The molecule has 2 N–H and O–H groups in total. The Labute approximate surface area is 124 Å². The highest BCUT2D eigenvalue weighted by molar-refractivity contribution is 5.83. The van der Waals surface area contributed by atoms with Gasteiger partial charge in [-0.3, -0.25) is 9.59 Å². The summed E-state index contributed by atoms with van der Waals surface area (Å²) in [6.45, 7) is 1.36. The molecule has 2 aromatic rings. The first kappa shape index (κ1) is 14.3. The van der Waals surface area contributed by atoms with Gasteiger partial charge in [-0.1, -0.05) is 0 Å². The molecule has 0 unspecified atom stereocenters. The van der Waals surface area contributed by atoms with Gasteiger partial charge in [-0.2, -0.15) is 0 Å². The van der Waals surface area contributed by atoms with Crippen molar-refractivity contribution in [2.45, 2.75) is 13.0 Å². The van der Waals surface area contributed by atoms with Crippen LogP contribution in [0.4, 0.5) is 4.79 Å². The maximum Gasteiger partial charge on any atom is 0.513 e. The molecule has 22 heavy (non-hydrogen) atoms. The maximum atomic E-state index is 11.6. The van der Waals surface area contributed by atoms with Crippen LogP contribution in [-0.4, -0.2) is 41.7 Å². The number of nitrogens with zero attached hydrogens (tertiary/aromatic N) is 1. The van der Waals surface area contributed by atoms with Crippen LogP contribution in [0.2, 0.25) is 0 Å². The van der Waals surface area contributed by atoms with Gasteiger partial charge in [-0.15, -0.1) is 0 Å². The van der Waals surface area contributed by atoms with Gasteiger partial charge >= 0.3 is 17.3 Å². The number of rotatable bonds is 1. The van der Waals surface area contributed by atoms with E-state index in [1.807, 2.05) is 7.05 Å². The van der Waals surface area contributed by atoms with Crippen LogP contribution >= 0.6 is 0 Å². The highest BCUT2D eigenvalue weighted by atomic mass is 16.7. The molecule has 2 heterocycles. The number of hydrogen-bond donors (Lipinski definition) is 2. The predicted molar refractivity (Wildman–Crippen MR) is 78.3 cm³/mol. The smallest absolute Gasteiger partial charge is 0.437 e. The van der Waals surface area contributed by atoms with E-state index in [-0.39, 0.29) is 0 Å². The number of methoxy groups -OCH3 is 1. The van der Waals surface area contributed by atoms with Gasteiger partial charge in [0.2, 0.25) is 0 Å². The zero-order chi connectivity index (χ0) is 15.9. The largest absolute Gasteiger partial charge is 0.513 e. The highest BCUT2D eigenvalue weighted by Crippen LogP contribution is 2.32. The van der Waals surface area contributed by atoms with Gasteiger partial charge in [0, 0.05) is 24.7 Å². The average Bonchev–Trinajstić information content (AvgIpc) is 2.49. The van der Waals surface area contributed by atoms with Crippen LogP contribution in [0.1, 0.15) is 11.1 Å². The monoisotopic (exact) mass is 305 g/mol. The van der Waals surface area contributed by atoms with Crippen molar-refractivity contribution < 1.29 is 14.3 Å². The normalized spacial score (nSPS) is 14.6. The molecule has 0 aliphatic carbocycles. The molecule has 0 spiro atoms. The maximum absolute atomic E-state index is 11.6. The van der Waals surface area contributed by atoms with Crippen LogP contribution in [0.5, 0.6) is 5.75 Å². The second-order valence-electron chi connectivity index (χ2n) is 5.21. The zero-order valence-corrected chi connectivity index (χ0v) is 12.2. The summed E-state index contributed by atoms with van der Waals surface area (Å²) in [6.07, 6.45) is -0.163. The van der Waals surface area contributed by atoms with E-state index in [1.165, 1.54) is 13.2 Å². The molecule has 1 aliphatic rings. The third kappa shape index (κ3) is 2.37. The number of likely N-dealkylation sites (N-methyl/N-ethyl adjacent to an activating group) is 1. The lowest BCUT2D eigenvalue weighted by atomic mass is 9.97. The highest BCUT2D eigenvalue weighted by Gasteiger charge is 2.23. The van der Waals surface area contributed by atoms with E-state index in [0.29, 0.717) is 29.7 Å². The summed E-state index contributed by atoms with van der Waals surface area (Å²) in [7, 11) is 3.17. The van der Waals surface area contributed by atoms with Gasteiger partial charge in [-0.25, -0.2) is 4.79 Å². The third-order valence-electron chi connectivity index (χ3n) is 3.73. The minimum atomic E-state index is -0.832. The summed E-state index contributed by atoms with van der Waals surface area (Å²) >= 11 is 0. The molecule has 8 heteroatoms. The quantitative estimate of drug-likeness (QED) is 0.447. The second-order valence-corrected chi connectivity index (χ2v) is 5.21. The minimum absolute atomic E-state index is 0.323. The lowest BCUT2D eigenvalue weighted by Gasteiger charge is -2.27. The van der Waals surface area contributed by atoms with Crippen LogP contribution in [0, 0.1) is 0 Å². The molecule has 0 atom stereocenters. The van der Waals surface area contributed by atoms with Crippen molar-refractivity contribution in [2.75, 3.05) is 20.7 Å². The summed E-state index contributed by atoms with van der Waals surface area (Å²) in [4.78, 5) is 41.7. The van der Waals surface area contributed by atoms with E-state index in [9.17, 15) is 14.4 Å². The number of aromatic amines is 2. The van der Waals surface area contributed by atoms with Crippen LogP contribution in [0.25, 0.3) is 11.0 Å². The van der Waals surface area contributed by atoms with Gasteiger partial charge in [-0.05, 0) is 19.0 Å².